The van der Waals surface area contributed by atoms with Crippen LogP contribution in [0, 0.1) is 21.4 Å². The number of carbonyl (C=O) groups excluding carboxylic acids is 1. The molecule has 2 aromatic carbocycles. The molecule has 2 aromatic rings. The first-order chi connectivity index (χ1) is 9.61. The summed E-state index contributed by atoms with van der Waals surface area (Å²) in [4.78, 5) is 22.0. The molecule has 0 bridgehead atoms. The number of hydrogen-bond acceptors (Lipinski definition) is 5. The van der Waals surface area contributed by atoms with Crippen molar-refractivity contribution >= 4 is 11.7 Å². The summed E-state index contributed by atoms with van der Waals surface area (Å²) in [5.41, 5.74) is 0.337. The summed E-state index contributed by atoms with van der Waals surface area (Å²) in [6.45, 7) is 0. The Morgan fingerprint density at radius 2 is 1.80 bits per heavy atom. The highest BCUT2D eigenvalue weighted by atomic mass is 16.6. The number of nitriles is 1. The van der Waals surface area contributed by atoms with Gasteiger partial charge in [0.2, 0.25) is 5.75 Å². The van der Waals surface area contributed by atoms with Crippen LogP contribution in [0.3, 0.4) is 0 Å². The van der Waals surface area contributed by atoms with Gasteiger partial charge in [0, 0.05) is 6.07 Å². The summed E-state index contributed by atoms with van der Waals surface area (Å²) in [5, 5.41) is 19.5. The van der Waals surface area contributed by atoms with Gasteiger partial charge in [-0.05, 0) is 30.3 Å². The van der Waals surface area contributed by atoms with Gasteiger partial charge in [-0.2, -0.15) is 5.26 Å². The molecule has 6 heteroatoms. The molecule has 0 aromatic heterocycles. The molecule has 0 radical (unpaired) electrons. The molecule has 0 atom stereocenters. The topological polar surface area (TPSA) is 93.2 Å². The van der Waals surface area contributed by atoms with Crippen molar-refractivity contribution in [2.45, 2.75) is 0 Å². The summed E-state index contributed by atoms with van der Waals surface area (Å²) in [7, 11) is 0. The summed E-state index contributed by atoms with van der Waals surface area (Å²) >= 11 is 0. The van der Waals surface area contributed by atoms with E-state index in [0.717, 1.165) is 0 Å². The second kappa shape index (κ2) is 5.63. The third-order valence-electron chi connectivity index (χ3n) is 2.51. The quantitative estimate of drug-likeness (QED) is 0.369. The Labute approximate surface area is 114 Å². The van der Waals surface area contributed by atoms with Crippen molar-refractivity contribution in [2.75, 3.05) is 0 Å². The molecule has 0 saturated carbocycles. The van der Waals surface area contributed by atoms with Gasteiger partial charge in [0.1, 0.15) is 0 Å². The monoisotopic (exact) mass is 268 g/mol. The molecule has 98 valence electrons. The molecule has 6 nitrogen and oxygen atoms in total. The zero-order chi connectivity index (χ0) is 14.5. The number of rotatable bonds is 3. The molecular weight excluding hydrogens is 260 g/mol. The molecule has 0 aliphatic heterocycles. The number of benzene rings is 2. The zero-order valence-corrected chi connectivity index (χ0v) is 10.1. The van der Waals surface area contributed by atoms with Crippen LogP contribution in [0.15, 0.2) is 48.5 Å². The lowest BCUT2D eigenvalue weighted by molar-refractivity contribution is -0.385. The Morgan fingerprint density at radius 3 is 2.40 bits per heavy atom. The average Bonchev–Trinajstić information content (AvgIpc) is 2.47. The number of nitro benzene ring substituents is 1. The van der Waals surface area contributed by atoms with Gasteiger partial charge >= 0.3 is 11.7 Å². The average molecular weight is 268 g/mol. The maximum absolute atomic E-state index is 11.9. The summed E-state index contributed by atoms with van der Waals surface area (Å²) < 4.78 is 5.00. The van der Waals surface area contributed by atoms with Crippen molar-refractivity contribution in [3.05, 3.63) is 69.8 Å². The van der Waals surface area contributed by atoms with Crippen LogP contribution in [0.1, 0.15) is 15.9 Å². The highest BCUT2D eigenvalue weighted by Gasteiger charge is 2.17. The van der Waals surface area contributed by atoms with E-state index >= 15 is 0 Å². The molecule has 0 saturated heterocycles. The number of hydrogen-bond donors (Lipinski definition) is 0. The third-order valence-corrected chi connectivity index (χ3v) is 2.51. The summed E-state index contributed by atoms with van der Waals surface area (Å²) in [6.07, 6.45) is 0. The van der Waals surface area contributed by atoms with Gasteiger partial charge in [0.25, 0.3) is 0 Å². The van der Waals surface area contributed by atoms with E-state index in [-0.39, 0.29) is 17.0 Å². The molecule has 0 aliphatic carbocycles. The Balaban J connectivity index is 2.23. The van der Waals surface area contributed by atoms with Crippen molar-refractivity contribution in [3.8, 4) is 11.8 Å². The number of para-hydroxylation sites is 2. The fraction of sp³-hybridized carbons (Fsp3) is 0. The van der Waals surface area contributed by atoms with Crippen LogP contribution in [-0.4, -0.2) is 10.9 Å². The zero-order valence-electron chi connectivity index (χ0n) is 10.1. The third kappa shape index (κ3) is 2.79. The molecule has 20 heavy (non-hydrogen) atoms. The van der Waals surface area contributed by atoms with Gasteiger partial charge in [0.15, 0.2) is 0 Å². The van der Waals surface area contributed by atoms with Crippen molar-refractivity contribution in [1.82, 2.24) is 0 Å². The molecule has 2 rings (SSSR count). The maximum atomic E-state index is 11.9. The molecular formula is C14H8N2O4. The van der Waals surface area contributed by atoms with Crippen LogP contribution in [0.2, 0.25) is 0 Å². The van der Waals surface area contributed by atoms with Gasteiger partial charge < -0.3 is 4.74 Å². The number of ether oxygens (including phenoxy) is 1. The first kappa shape index (κ1) is 13.2. The molecule has 0 spiro atoms. The minimum absolute atomic E-state index is 0.119. The van der Waals surface area contributed by atoms with Crippen LogP contribution in [0.5, 0.6) is 5.75 Å². The van der Waals surface area contributed by atoms with E-state index < -0.39 is 10.9 Å². The highest BCUT2D eigenvalue weighted by Crippen LogP contribution is 2.26. The fourth-order valence-corrected chi connectivity index (χ4v) is 1.53. The van der Waals surface area contributed by atoms with Crippen molar-refractivity contribution < 1.29 is 14.5 Å². The Bertz CT molecular complexity index is 702. The van der Waals surface area contributed by atoms with Crippen LogP contribution in [0.25, 0.3) is 0 Å². The fourth-order valence-electron chi connectivity index (χ4n) is 1.53. The molecule has 0 amide bonds. The molecule has 0 aliphatic rings. The smallest absolute Gasteiger partial charge is 0.343 e. The first-order valence-corrected chi connectivity index (χ1v) is 5.57. The second-order valence-electron chi connectivity index (χ2n) is 3.80. The second-order valence-corrected chi connectivity index (χ2v) is 3.80. The van der Waals surface area contributed by atoms with Crippen LogP contribution < -0.4 is 4.74 Å². The van der Waals surface area contributed by atoms with Crippen LogP contribution in [-0.2, 0) is 0 Å². The van der Waals surface area contributed by atoms with Crippen LogP contribution >= 0.6 is 0 Å². The lowest BCUT2D eigenvalue weighted by Gasteiger charge is -2.04. The normalized spacial score (nSPS) is 9.55. The SMILES string of the molecule is N#Cc1ccc(C(=O)Oc2ccccc2[N+](=O)[O-])cc1. The van der Waals surface area contributed by atoms with E-state index in [1.807, 2.05) is 6.07 Å². The molecule has 0 heterocycles. The highest BCUT2D eigenvalue weighted by molar-refractivity contribution is 5.91. The van der Waals surface area contributed by atoms with Crippen molar-refractivity contribution in [1.29, 1.82) is 5.26 Å². The number of esters is 1. The van der Waals surface area contributed by atoms with E-state index in [4.69, 9.17) is 10.00 Å². The predicted octanol–water partition coefficient (Wildman–Crippen LogP) is 2.69. The Kier molecular flexibility index (Phi) is 3.72. The maximum Gasteiger partial charge on any atom is 0.343 e. The minimum Gasteiger partial charge on any atom is -0.416 e. The van der Waals surface area contributed by atoms with Gasteiger partial charge in [-0.1, -0.05) is 12.1 Å². The predicted molar refractivity (Wildman–Crippen MR) is 69.2 cm³/mol. The van der Waals surface area contributed by atoms with Gasteiger partial charge in [-0.3, -0.25) is 10.1 Å². The summed E-state index contributed by atoms with van der Waals surface area (Å²) in [5.74, 6) is -0.837. The lowest BCUT2D eigenvalue weighted by Crippen LogP contribution is -2.09. The van der Waals surface area contributed by atoms with E-state index in [0.29, 0.717) is 5.56 Å². The van der Waals surface area contributed by atoms with Crippen molar-refractivity contribution in [3.63, 3.8) is 0 Å². The van der Waals surface area contributed by atoms with E-state index in [1.54, 1.807) is 0 Å². The number of carbonyl (C=O) groups is 1. The van der Waals surface area contributed by atoms with E-state index in [1.165, 1.54) is 48.5 Å². The molecule has 0 unspecified atom stereocenters. The number of nitrogens with zero attached hydrogens (tertiary/aromatic N) is 2. The van der Waals surface area contributed by atoms with Gasteiger partial charge in [-0.15, -0.1) is 0 Å². The number of nitro groups is 1. The van der Waals surface area contributed by atoms with E-state index in [2.05, 4.69) is 0 Å². The molecule has 0 fully saturated rings. The van der Waals surface area contributed by atoms with Gasteiger partial charge in [0.05, 0.1) is 22.1 Å². The Hall–Kier alpha value is -3.20. The largest absolute Gasteiger partial charge is 0.416 e. The molecule has 0 N–H and O–H groups in total. The minimum atomic E-state index is -0.719. The van der Waals surface area contributed by atoms with Crippen molar-refractivity contribution in [2.24, 2.45) is 0 Å². The summed E-state index contributed by atoms with van der Waals surface area (Å²) in [6, 6.07) is 13.3. The Morgan fingerprint density at radius 1 is 1.15 bits per heavy atom. The first-order valence-electron chi connectivity index (χ1n) is 5.57. The standard InChI is InChI=1S/C14H8N2O4/c15-9-10-5-7-11(8-6-10)14(17)20-13-4-2-1-3-12(13)16(18)19/h1-8H. The van der Waals surface area contributed by atoms with Gasteiger partial charge in [-0.25, -0.2) is 4.79 Å². The lowest BCUT2D eigenvalue weighted by atomic mass is 10.1. The van der Waals surface area contributed by atoms with Crippen LogP contribution in [0.4, 0.5) is 5.69 Å². The van der Waals surface area contributed by atoms with E-state index in [9.17, 15) is 14.9 Å².